The summed E-state index contributed by atoms with van der Waals surface area (Å²) in [4.78, 5) is 29.8. The molecule has 0 saturated heterocycles. The van der Waals surface area contributed by atoms with Crippen LogP contribution in [0.5, 0.6) is 17.2 Å². The number of methoxy groups -OCH3 is 3. The maximum absolute atomic E-state index is 11.6. The predicted molar refractivity (Wildman–Crippen MR) is 146 cm³/mol. The molecule has 0 aliphatic carbocycles. The molecule has 3 heterocycles. The van der Waals surface area contributed by atoms with Crippen molar-refractivity contribution in [3.63, 3.8) is 0 Å². The summed E-state index contributed by atoms with van der Waals surface area (Å²) in [7, 11) is 4.56. The van der Waals surface area contributed by atoms with Crippen molar-refractivity contribution < 1.29 is 51.7 Å². The molecule has 3 N–H and O–H groups in total. The average Bonchev–Trinajstić information content (AvgIpc) is 3.42. The Balaban J connectivity index is 0.000000646. The number of fused-ring (bicyclic) bond motifs is 1. The minimum absolute atomic E-state index is 0.117. The molecular weight excluding hydrogens is 577 g/mol. The fraction of sp³-hybridized carbons (Fsp3) is 0.464. The summed E-state index contributed by atoms with van der Waals surface area (Å²) in [6.07, 6.45) is -0.433. The average molecular weight is 611 g/mol. The standard InChI is InChI=1S/C26H32N4O6.C2HF3O2/c1-33-20-12-17(13-21(34-2)25(20)35-3)18(15-24(31)32)14-23-29-22(30-36-23)8-4-7-19-10-9-16-6-5-11-27-26(16)28-19;3-2(4,5)1(6)7/h9-10,12-13,18H,4-8,11,14-15H2,1-3H3,(H,27,28)(H,31,32);(H,6,7). The lowest BCUT2D eigenvalue weighted by Gasteiger charge is -2.18. The summed E-state index contributed by atoms with van der Waals surface area (Å²) in [6, 6.07) is 7.75. The fourth-order valence-electron chi connectivity index (χ4n) is 4.48. The fourth-order valence-corrected chi connectivity index (χ4v) is 4.48. The minimum Gasteiger partial charge on any atom is -0.493 e. The van der Waals surface area contributed by atoms with E-state index in [1.165, 1.54) is 26.9 Å². The van der Waals surface area contributed by atoms with Crippen LogP contribution < -0.4 is 19.5 Å². The summed E-state index contributed by atoms with van der Waals surface area (Å²) < 4.78 is 53.4. The van der Waals surface area contributed by atoms with E-state index >= 15 is 0 Å². The van der Waals surface area contributed by atoms with Gasteiger partial charge in [0, 0.05) is 31.0 Å². The summed E-state index contributed by atoms with van der Waals surface area (Å²) >= 11 is 0. The number of ether oxygens (including phenoxy) is 3. The van der Waals surface area contributed by atoms with Crippen LogP contribution in [0.3, 0.4) is 0 Å². The molecule has 4 rings (SSSR count). The van der Waals surface area contributed by atoms with E-state index in [0.29, 0.717) is 35.4 Å². The molecule has 0 bridgehead atoms. The van der Waals surface area contributed by atoms with Crippen LogP contribution in [-0.2, 0) is 35.3 Å². The third kappa shape index (κ3) is 9.48. The second-order valence-corrected chi connectivity index (χ2v) is 9.56. The number of aromatic nitrogens is 3. The minimum atomic E-state index is -5.08. The van der Waals surface area contributed by atoms with Gasteiger partial charge in [-0.3, -0.25) is 4.79 Å². The molecular formula is C28H33F3N4O8. The van der Waals surface area contributed by atoms with Crippen LogP contribution in [0.15, 0.2) is 28.8 Å². The number of halogens is 3. The Bertz CT molecular complexity index is 1370. The van der Waals surface area contributed by atoms with Crippen molar-refractivity contribution in [1.29, 1.82) is 0 Å². The Morgan fingerprint density at radius 3 is 2.30 bits per heavy atom. The van der Waals surface area contributed by atoms with E-state index in [4.69, 9.17) is 33.6 Å². The number of alkyl halides is 3. The number of rotatable bonds is 12. The second-order valence-electron chi connectivity index (χ2n) is 9.56. The van der Waals surface area contributed by atoms with E-state index in [1.54, 1.807) is 12.1 Å². The van der Waals surface area contributed by atoms with Crippen molar-refractivity contribution in [3.05, 3.63) is 52.8 Å². The number of carboxylic acids is 2. The highest BCUT2D eigenvalue weighted by Crippen LogP contribution is 2.41. The number of pyridine rings is 1. The summed E-state index contributed by atoms with van der Waals surface area (Å²) in [6.45, 7) is 0.966. The lowest BCUT2D eigenvalue weighted by Crippen LogP contribution is -2.21. The first kappa shape index (κ1) is 32.9. The molecule has 1 aliphatic heterocycles. The molecule has 0 radical (unpaired) electrons. The molecule has 0 amide bonds. The first-order chi connectivity index (χ1) is 20.4. The lowest BCUT2D eigenvalue weighted by atomic mass is 9.91. The highest BCUT2D eigenvalue weighted by molar-refractivity contribution is 5.73. The number of nitrogens with zero attached hydrogens (tertiary/aromatic N) is 3. The van der Waals surface area contributed by atoms with Gasteiger partial charge in [0.05, 0.1) is 27.8 Å². The number of aryl methyl sites for hydroxylation is 3. The van der Waals surface area contributed by atoms with Crippen molar-refractivity contribution in [1.82, 2.24) is 15.1 Å². The van der Waals surface area contributed by atoms with Gasteiger partial charge in [0.15, 0.2) is 17.3 Å². The van der Waals surface area contributed by atoms with E-state index < -0.39 is 24.0 Å². The topological polar surface area (TPSA) is 166 Å². The molecule has 15 heteroatoms. The number of carbonyl (C=O) groups is 2. The molecule has 43 heavy (non-hydrogen) atoms. The Hall–Kier alpha value is -4.56. The van der Waals surface area contributed by atoms with Crippen molar-refractivity contribution >= 4 is 17.8 Å². The summed E-state index contributed by atoms with van der Waals surface area (Å²) in [5, 5.41) is 24.1. The monoisotopic (exact) mass is 610 g/mol. The van der Waals surface area contributed by atoms with Gasteiger partial charge in [-0.1, -0.05) is 11.2 Å². The molecule has 0 fully saturated rings. The Labute approximate surface area is 245 Å². The highest BCUT2D eigenvalue weighted by Gasteiger charge is 2.38. The van der Waals surface area contributed by atoms with Gasteiger partial charge >= 0.3 is 18.1 Å². The van der Waals surface area contributed by atoms with Crippen LogP contribution in [0.2, 0.25) is 0 Å². The van der Waals surface area contributed by atoms with E-state index in [-0.39, 0.29) is 12.8 Å². The largest absolute Gasteiger partial charge is 0.493 e. The van der Waals surface area contributed by atoms with Crippen LogP contribution in [0, 0.1) is 0 Å². The quantitative estimate of drug-likeness (QED) is 0.264. The van der Waals surface area contributed by atoms with Crippen molar-refractivity contribution in [3.8, 4) is 17.2 Å². The zero-order valence-electron chi connectivity index (χ0n) is 23.9. The Kier molecular flexibility index (Phi) is 11.5. The van der Waals surface area contributed by atoms with E-state index in [0.717, 1.165) is 49.3 Å². The smallest absolute Gasteiger partial charge is 0.490 e. The second kappa shape index (κ2) is 15.1. The first-order valence-corrected chi connectivity index (χ1v) is 13.3. The maximum Gasteiger partial charge on any atom is 0.490 e. The third-order valence-electron chi connectivity index (χ3n) is 6.54. The van der Waals surface area contributed by atoms with Crippen molar-refractivity contribution in [2.24, 2.45) is 0 Å². The highest BCUT2D eigenvalue weighted by atomic mass is 19.4. The van der Waals surface area contributed by atoms with Gasteiger partial charge in [-0.15, -0.1) is 0 Å². The maximum atomic E-state index is 11.6. The zero-order valence-corrected chi connectivity index (χ0v) is 23.9. The van der Waals surface area contributed by atoms with Gasteiger partial charge < -0.3 is 34.3 Å². The number of carboxylic acid groups (broad SMARTS) is 2. The molecule has 3 aromatic rings. The van der Waals surface area contributed by atoms with Crippen LogP contribution in [0.1, 0.15) is 53.7 Å². The normalized spacial score (nSPS) is 13.1. The number of anilines is 1. The van der Waals surface area contributed by atoms with Gasteiger partial charge in [0.1, 0.15) is 5.82 Å². The first-order valence-electron chi connectivity index (χ1n) is 13.3. The molecule has 1 unspecified atom stereocenters. The SMILES string of the molecule is COc1cc(C(CC(=O)O)Cc2nc(CCCc3ccc4c(n3)NCCC4)no2)cc(OC)c1OC.O=C(O)C(F)(F)F. The molecule has 1 aliphatic rings. The van der Waals surface area contributed by atoms with Crippen LogP contribution in [0.25, 0.3) is 0 Å². The van der Waals surface area contributed by atoms with Gasteiger partial charge in [-0.25, -0.2) is 9.78 Å². The number of hydrogen-bond donors (Lipinski definition) is 3. The molecule has 234 valence electrons. The summed E-state index contributed by atoms with van der Waals surface area (Å²) in [5.41, 5.74) is 3.03. The molecule has 1 atom stereocenters. The molecule has 1 aromatic carbocycles. The molecule has 12 nitrogen and oxygen atoms in total. The number of nitrogens with one attached hydrogen (secondary N) is 1. The Morgan fingerprint density at radius 2 is 1.72 bits per heavy atom. The van der Waals surface area contributed by atoms with Crippen LogP contribution >= 0.6 is 0 Å². The van der Waals surface area contributed by atoms with Gasteiger partial charge in [-0.2, -0.15) is 18.2 Å². The zero-order chi connectivity index (χ0) is 31.6. The van der Waals surface area contributed by atoms with Gasteiger partial charge in [0.25, 0.3) is 0 Å². The van der Waals surface area contributed by atoms with E-state index in [1.807, 2.05) is 0 Å². The number of benzene rings is 1. The van der Waals surface area contributed by atoms with Crippen LogP contribution in [-0.4, -0.2) is 71.3 Å². The lowest BCUT2D eigenvalue weighted by molar-refractivity contribution is -0.192. The van der Waals surface area contributed by atoms with Gasteiger partial charge in [0.2, 0.25) is 11.6 Å². The molecule has 0 spiro atoms. The van der Waals surface area contributed by atoms with Crippen LogP contribution in [0.4, 0.5) is 19.0 Å². The van der Waals surface area contributed by atoms with Crippen molar-refractivity contribution in [2.75, 3.05) is 33.2 Å². The van der Waals surface area contributed by atoms with Gasteiger partial charge in [-0.05, 0) is 55.0 Å². The molecule has 2 aromatic heterocycles. The van der Waals surface area contributed by atoms with E-state index in [2.05, 4.69) is 27.6 Å². The number of aliphatic carboxylic acids is 2. The molecule has 0 saturated carbocycles. The van der Waals surface area contributed by atoms with E-state index in [9.17, 15) is 23.1 Å². The summed E-state index contributed by atoms with van der Waals surface area (Å²) in [5.74, 6) is -0.760. The number of hydrogen-bond acceptors (Lipinski definition) is 10. The van der Waals surface area contributed by atoms with Crippen molar-refractivity contribution in [2.45, 2.75) is 57.0 Å². The predicted octanol–water partition coefficient (Wildman–Crippen LogP) is 4.46. The Morgan fingerprint density at radius 1 is 1.05 bits per heavy atom. The third-order valence-corrected chi connectivity index (χ3v) is 6.54.